The van der Waals surface area contributed by atoms with Crippen LogP contribution >= 0.6 is 0 Å². The maximum Gasteiger partial charge on any atom is 0.353 e. The van der Waals surface area contributed by atoms with Gasteiger partial charge in [-0.05, 0) is 5.92 Å². The molecule has 0 spiro atoms. The van der Waals surface area contributed by atoms with E-state index >= 15 is 0 Å². The molecule has 9 nitrogen and oxygen atoms in total. The Labute approximate surface area is 108 Å². The van der Waals surface area contributed by atoms with Crippen molar-refractivity contribution >= 4 is 23.7 Å². The molecule has 0 bridgehead atoms. The van der Waals surface area contributed by atoms with Crippen LogP contribution in [0.3, 0.4) is 0 Å². The summed E-state index contributed by atoms with van der Waals surface area (Å²) in [6.45, 7) is 3.46. The molecule has 0 aliphatic carbocycles. The van der Waals surface area contributed by atoms with Crippen LogP contribution in [0.1, 0.15) is 24.3 Å². The lowest BCUT2D eigenvalue weighted by Gasteiger charge is -2.19. The summed E-state index contributed by atoms with van der Waals surface area (Å²) in [5, 5.41) is 19.2. The predicted molar refractivity (Wildman–Crippen MR) is 65.5 cm³/mol. The van der Waals surface area contributed by atoms with Crippen molar-refractivity contribution in [3.63, 3.8) is 0 Å². The number of aromatic amines is 1. The monoisotopic (exact) mass is 269 g/mol. The first-order valence-electron chi connectivity index (χ1n) is 5.46. The maximum absolute atomic E-state index is 11.9. The van der Waals surface area contributed by atoms with E-state index in [4.69, 9.17) is 10.8 Å². The van der Waals surface area contributed by atoms with Gasteiger partial charge in [-0.15, -0.1) is 0 Å². The van der Waals surface area contributed by atoms with Crippen LogP contribution < -0.4 is 16.4 Å². The number of nitrogens with two attached hydrogens (primary N) is 1. The number of anilines is 1. The van der Waals surface area contributed by atoms with E-state index in [1.165, 1.54) is 6.07 Å². The summed E-state index contributed by atoms with van der Waals surface area (Å²) in [5.74, 6) is -1.86. The van der Waals surface area contributed by atoms with E-state index in [0.29, 0.717) is 0 Å². The highest BCUT2D eigenvalue weighted by Crippen LogP contribution is 2.08. The molecule has 0 fully saturated rings. The molecule has 0 aromatic carbocycles. The van der Waals surface area contributed by atoms with Crippen LogP contribution in [-0.2, 0) is 4.79 Å². The SMILES string of the molecule is CC(C)C(NC(N)=O)C(=O)Nc1cc(C(=O)O)[nH]n1. The van der Waals surface area contributed by atoms with Gasteiger partial charge in [-0.1, -0.05) is 13.8 Å². The fraction of sp³-hybridized carbons (Fsp3) is 0.400. The molecule has 0 aliphatic rings. The number of urea groups is 1. The molecular weight excluding hydrogens is 254 g/mol. The standard InChI is InChI=1S/C10H15N5O4/c1-4(2)7(13-10(11)19)8(16)12-6-3-5(9(17)18)14-15-6/h3-4,7H,1-2H3,(H,17,18)(H3,11,13,19)(H2,12,14,15,16). The Morgan fingerprint density at radius 2 is 2.05 bits per heavy atom. The third-order valence-corrected chi connectivity index (χ3v) is 2.31. The van der Waals surface area contributed by atoms with E-state index in [1.54, 1.807) is 13.8 Å². The van der Waals surface area contributed by atoms with E-state index in [2.05, 4.69) is 20.8 Å². The molecule has 0 aliphatic heterocycles. The number of aromatic carboxylic acids is 1. The van der Waals surface area contributed by atoms with Crippen molar-refractivity contribution in [3.05, 3.63) is 11.8 Å². The second-order valence-electron chi connectivity index (χ2n) is 4.19. The fourth-order valence-electron chi connectivity index (χ4n) is 1.39. The largest absolute Gasteiger partial charge is 0.477 e. The van der Waals surface area contributed by atoms with Crippen molar-refractivity contribution < 1.29 is 19.5 Å². The van der Waals surface area contributed by atoms with Gasteiger partial charge < -0.3 is 21.5 Å². The van der Waals surface area contributed by atoms with Crippen LogP contribution in [0.25, 0.3) is 0 Å². The number of H-pyrrole nitrogens is 1. The number of carbonyl (C=O) groups is 3. The van der Waals surface area contributed by atoms with Crippen molar-refractivity contribution in [3.8, 4) is 0 Å². The third kappa shape index (κ3) is 3.98. The number of aromatic nitrogens is 2. The minimum atomic E-state index is -1.19. The van der Waals surface area contributed by atoms with Gasteiger partial charge in [0.1, 0.15) is 11.7 Å². The Balaban J connectivity index is 2.75. The van der Waals surface area contributed by atoms with Crippen molar-refractivity contribution in [2.45, 2.75) is 19.9 Å². The first-order valence-corrected chi connectivity index (χ1v) is 5.46. The zero-order valence-corrected chi connectivity index (χ0v) is 10.4. The molecule has 19 heavy (non-hydrogen) atoms. The van der Waals surface area contributed by atoms with E-state index < -0.39 is 23.9 Å². The van der Waals surface area contributed by atoms with Crippen molar-refractivity contribution in [1.82, 2.24) is 15.5 Å². The number of primary amides is 1. The number of carboxylic acids is 1. The predicted octanol–water partition coefficient (Wildman–Crippen LogP) is -0.261. The van der Waals surface area contributed by atoms with Crippen LogP contribution in [0.4, 0.5) is 10.6 Å². The third-order valence-electron chi connectivity index (χ3n) is 2.31. The van der Waals surface area contributed by atoms with Crippen LogP contribution in [0.2, 0.25) is 0 Å². The molecule has 9 heteroatoms. The van der Waals surface area contributed by atoms with Gasteiger partial charge in [-0.2, -0.15) is 5.10 Å². The molecule has 1 heterocycles. The summed E-state index contributed by atoms with van der Waals surface area (Å²) >= 11 is 0. The van der Waals surface area contributed by atoms with Crippen LogP contribution in [-0.4, -0.2) is 39.3 Å². The van der Waals surface area contributed by atoms with E-state index in [1.807, 2.05) is 0 Å². The Hall–Kier alpha value is -2.58. The second kappa shape index (κ2) is 5.85. The summed E-state index contributed by atoms with van der Waals surface area (Å²) < 4.78 is 0. The van der Waals surface area contributed by atoms with Gasteiger partial charge in [0.15, 0.2) is 5.82 Å². The van der Waals surface area contributed by atoms with Gasteiger partial charge in [0.25, 0.3) is 0 Å². The lowest BCUT2D eigenvalue weighted by molar-refractivity contribution is -0.118. The molecule has 1 aromatic rings. The fourth-order valence-corrected chi connectivity index (χ4v) is 1.39. The summed E-state index contributed by atoms with van der Waals surface area (Å²) in [6.07, 6.45) is 0. The van der Waals surface area contributed by atoms with E-state index in [-0.39, 0.29) is 17.4 Å². The number of hydrogen-bond acceptors (Lipinski definition) is 4. The molecule has 1 aromatic heterocycles. The zero-order valence-electron chi connectivity index (χ0n) is 10.4. The number of carboxylic acid groups (broad SMARTS) is 1. The minimum Gasteiger partial charge on any atom is -0.477 e. The molecular formula is C10H15N5O4. The van der Waals surface area contributed by atoms with Crippen LogP contribution in [0.15, 0.2) is 6.07 Å². The van der Waals surface area contributed by atoms with E-state index in [0.717, 1.165) is 0 Å². The number of carbonyl (C=O) groups excluding carboxylic acids is 2. The summed E-state index contributed by atoms with van der Waals surface area (Å²) in [4.78, 5) is 33.3. The molecule has 1 unspecified atom stereocenters. The molecule has 0 saturated heterocycles. The highest BCUT2D eigenvalue weighted by molar-refractivity contribution is 5.97. The number of nitrogens with one attached hydrogen (secondary N) is 3. The van der Waals surface area contributed by atoms with Crippen molar-refractivity contribution in [1.29, 1.82) is 0 Å². The molecule has 1 atom stereocenters. The van der Waals surface area contributed by atoms with Gasteiger partial charge in [-0.3, -0.25) is 9.89 Å². The first-order chi connectivity index (χ1) is 8.81. The Bertz CT molecular complexity index is 496. The first kappa shape index (κ1) is 14.5. The summed E-state index contributed by atoms with van der Waals surface area (Å²) in [6, 6.07) is -0.480. The topological polar surface area (TPSA) is 150 Å². The average molecular weight is 269 g/mol. The number of nitrogens with zero attached hydrogens (tertiary/aromatic N) is 1. The maximum atomic E-state index is 11.9. The summed E-state index contributed by atoms with van der Waals surface area (Å²) in [5.41, 5.74) is 4.82. The lowest BCUT2D eigenvalue weighted by atomic mass is 10.0. The van der Waals surface area contributed by atoms with Gasteiger partial charge in [0.05, 0.1) is 0 Å². The molecule has 104 valence electrons. The Kier molecular flexibility index (Phi) is 4.46. The van der Waals surface area contributed by atoms with Gasteiger partial charge in [-0.25, -0.2) is 9.59 Å². The van der Waals surface area contributed by atoms with Gasteiger partial charge in [0, 0.05) is 6.07 Å². The lowest BCUT2D eigenvalue weighted by Crippen LogP contribution is -2.49. The Morgan fingerprint density at radius 1 is 1.42 bits per heavy atom. The zero-order chi connectivity index (χ0) is 14.6. The molecule has 3 amide bonds. The summed E-state index contributed by atoms with van der Waals surface area (Å²) in [7, 11) is 0. The number of rotatable bonds is 5. The molecule has 6 N–H and O–H groups in total. The molecule has 0 radical (unpaired) electrons. The van der Waals surface area contributed by atoms with E-state index in [9.17, 15) is 14.4 Å². The highest BCUT2D eigenvalue weighted by atomic mass is 16.4. The van der Waals surface area contributed by atoms with Gasteiger partial charge >= 0.3 is 12.0 Å². The second-order valence-corrected chi connectivity index (χ2v) is 4.19. The Morgan fingerprint density at radius 3 is 2.47 bits per heavy atom. The van der Waals surface area contributed by atoms with Crippen molar-refractivity contribution in [2.24, 2.45) is 11.7 Å². The number of amides is 3. The highest BCUT2D eigenvalue weighted by Gasteiger charge is 2.24. The normalized spacial score (nSPS) is 11.9. The van der Waals surface area contributed by atoms with Crippen LogP contribution in [0, 0.1) is 5.92 Å². The van der Waals surface area contributed by atoms with Crippen LogP contribution in [0.5, 0.6) is 0 Å². The quantitative estimate of drug-likeness (QED) is 0.499. The molecule has 0 saturated carbocycles. The average Bonchev–Trinajstić information content (AvgIpc) is 2.73. The molecule has 1 rings (SSSR count). The smallest absolute Gasteiger partial charge is 0.353 e. The van der Waals surface area contributed by atoms with Gasteiger partial charge in [0.2, 0.25) is 5.91 Å². The minimum absolute atomic E-state index is 0.0549. The van der Waals surface area contributed by atoms with Crippen molar-refractivity contribution in [2.75, 3.05) is 5.32 Å². The number of hydrogen-bond donors (Lipinski definition) is 5.